The predicted molar refractivity (Wildman–Crippen MR) is 78.1 cm³/mol. The zero-order valence-electron chi connectivity index (χ0n) is 10.4. The summed E-state index contributed by atoms with van der Waals surface area (Å²) in [6.45, 7) is 3.95. The molecule has 0 unspecified atom stereocenters. The number of carbonyl (C=O) groups excluding carboxylic acids is 1. The fraction of sp³-hybridized carbons (Fsp3) is 0. The molecule has 1 heterocycles. The smallest absolute Gasteiger partial charge is 0.193 e. The van der Waals surface area contributed by atoms with Gasteiger partial charge in [-0.25, -0.2) is 0 Å². The quantitative estimate of drug-likeness (QED) is 0.549. The van der Waals surface area contributed by atoms with Crippen LogP contribution < -0.4 is 0 Å². The molecular weight excluding hydrogens is 234 g/mol. The van der Waals surface area contributed by atoms with E-state index >= 15 is 0 Å². The van der Waals surface area contributed by atoms with E-state index in [4.69, 9.17) is 0 Å². The molecule has 0 aliphatic carbocycles. The molecule has 0 atom stereocenters. The average Bonchev–Trinajstić information content (AvgIpc) is 2.90. The largest absolute Gasteiger partial charge is 0.361 e. The van der Waals surface area contributed by atoms with Crippen molar-refractivity contribution in [3.05, 3.63) is 78.5 Å². The van der Waals surface area contributed by atoms with Crippen molar-refractivity contribution in [3.63, 3.8) is 0 Å². The molecule has 2 nitrogen and oxygen atoms in total. The summed E-state index contributed by atoms with van der Waals surface area (Å²) in [6.07, 6.45) is 1.84. The molecule has 0 saturated carbocycles. The van der Waals surface area contributed by atoms with Crippen LogP contribution in [0.5, 0.6) is 0 Å². The number of Topliss-reactive ketones (excluding diaryl/α,β-unsaturated/α-hetero) is 1. The van der Waals surface area contributed by atoms with E-state index in [1.54, 1.807) is 0 Å². The van der Waals surface area contributed by atoms with Gasteiger partial charge in [0.25, 0.3) is 0 Å². The van der Waals surface area contributed by atoms with Crippen LogP contribution in [0.3, 0.4) is 0 Å². The standard InChI is InChI=1S/C17H13NO/c1-12(17(19)13-7-3-2-4-8-13)15-11-18-16-10-6-5-9-14(15)16/h2-11,18H,1H2. The number of H-pyrrole nitrogens is 1. The van der Waals surface area contributed by atoms with Crippen molar-refractivity contribution in [2.24, 2.45) is 0 Å². The van der Waals surface area contributed by atoms with E-state index in [0.29, 0.717) is 11.1 Å². The van der Waals surface area contributed by atoms with Crippen LogP contribution in [0.15, 0.2) is 67.4 Å². The Morgan fingerprint density at radius 3 is 2.42 bits per heavy atom. The van der Waals surface area contributed by atoms with E-state index in [1.807, 2.05) is 60.8 Å². The SMILES string of the molecule is C=C(C(=O)c1ccccc1)c1c[nH]c2ccccc12. The Morgan fingerprint density at radius 2 is 1.63 bits per heavy atom. The predicted octanol–water partition coefficient (Wildman–Crippen LogP) is 4.06. The lowest BCUT2D eigenvalue weighted by Crippen LogP contribution is -2.00. The lowest BCUT2D eigenvalue weighted by molar-refractivity contribution is 0.105. The van der Waals surface area contributed by atoms with Crippen LogP contribution in [0.1, 0.15) is 15.9 Å². The molecule has 0 spiro atoms. The second-order valence-corrected chi connectivity index (χ2v) is 4.42. The van der Waals surface area contributed by atoms with Gasteiger partial charge in [-0.15, -0.1) is 0 Å². The minimum absolute atomic E-state index is 0.0367. The maximum Gasteiger partial charge on any atom is 0.193 e. The maximum atomic E-state index is 12.4. The summed E-state index contributed by atoms with van der Waals surface area (Å²) in [4.78, 5) is 15.5. The molecule has 2 aromatic carbocycles. The third-order valence-electron chi connectivity index (χ3n) is 3.22. The van der Waals surface area contributed by atoms with Gasteiger partial charge in [-0.2, -0.15) is 0 Å². The van der Waals surface area contributed by atoms with Gasteiger partial charge in [0, 0.05) is 33.8 Å². The molecule has 3 aromatic rings. The van der Waals surface area contributed by atoms with Gasteiger partial charge in [-0.3, -0.25) is 4.79 Å². The molecule has 0 amide bonds. The minimum atomic E-state index is -0.0367. The van der Waals surface area contributed by atoms with Gasteiger partial charge in [0.15, 0.2) is 5.78 Å². The van der Waals surface area contributed by atoms with Crippen LogP contribution in [0.25, 0.3) is 16.5 Å². The lowest BCUT2D eigenvalue weighted by atomic mass is 9.98. The molecule has 3 rings (SSSR count). The van der Waals surface area contributed by atoms with Gasteiger partial charge in [0.2, 0.25) is 0 Å². The summed E-state index contributed by atoms with van der Waals surface area (Å²) in [7, 11) is 0. The van der Waals surface area contributed by atoms with Crippen molar-refractivity contribution >= 4 is 22.3 Å². The zero-order valence-corrected chi connectivity index (χ0v) is 10.4. The normalized spacial score (nSPS) is 10.5. The molecule has 0 aliphatic heterocycles. The van der Waals surface area contributed by atoms with E-state index in [-0.39, 0.29) is 5.78 Å². The molecule has 2 heteroatoms. The first kappa shape index (κ1) is 11.5. The van der Waals surface area contributed by atoms with Gasteiger partial charge in [-0.05, 0) is 6.07 Å². The van der Waals surface area contributed by atoms with E-state index < -0.39 is 0 Å². The van der Waals surface area contributed by atoms with Crippen molar-refractivity contribution < 1.29 is 4.79 Å². The topological polar surface area (TPSA) is 32.9 Å². The Morgan fingerprint density at radius 1 is 0.947 bits per heavy atom. The summed E-state index contributed by atoms with van der Waals surface area (Å²) in [5, 5.41) is 1.02. The fourth-order valence-electron chi connectivity index (χ4n) is 2.21. The van der Waals surface area contributed by atoms with Crippen LogP contribution in [0.2, 0.25) is 0 Å². The van der Waals surface area contributed by atoms with Crippen molar-refractivity contribution in [1.29, 1.82) is 0 Å². The number of hydrogen-bond acceptors (Lipinski definition) is 1. The second-order valence-electron chi connectivity index (χ2n) is 4.42. The van der Waals surface area contributed by atoms with Gasteiger partial charge < -0.3 is 4.98 Å². The Kier molecular flexibility index (Phi) is 2.76. The van der Waals surface area contributed by atoms with E-state index in [2.05, 4.69) is 11.6 Å². The lowest BCUT2D eigenvalue weighted by Gasteiger charge is -2.03. The minimum Gasteiger partial charge on any atom is -0.361 e. The number of aromatic amines is 1. The number of hydrogen-bond donors (Lipinski definition) is 1. The number of benzene rings is 2. The second kappa shape index (κ2) is 4.58. The third kappa shape index (κ3) is 1.97. The highest BCUT2D eigenvalue weighted by atomic mass is 16.1. The molecule has 0 aliphatic rings. The molecular formula is C17H13NO. The molecule has 19 heavy (non-hydrogen) atoms. The van der Waals surface area contributed by atoms with Gasteiger partial charge >= 0.3 is 0 Å². The number of para-hydroxylation sites is 1. The van der Waals surface area contributed by atoms with Crippen LogP contribution in [0.4, 0.5) is 0 Å². The Labute approximate surface area is 111 Å². The third-order valence-corrected chi connectivity index (χ3v) is 3.22. The Hall–Kier alpha value is -2.61. The number of aromatic nitrogens is 1. The summed E-state index contributed by atoms with van der Waals surface area (Å²) in [5.41, 5.74) is 3.06. The molecule has 0 fully saturated rings. The summed E-state index contributed by atoms with van der Waals surface area (Å²) in [5.74, 6) is -0.0367. The first-order chi connectivity index (χ1) is 9.27. The highest BCUT2D eigenvalue weighted by molar-refractivity contribution is 6.30. The van der Waals surface area contributed by atoms with Crippen molar-refractivity contribution in [2.75, 3.05) is 0 Å². The Balaban J connectivity index is 2.03. The van der Waals surface area contributed by atoms with E-state index in [9.17, 15) is 4.79 Å². The fourth-order valence-corrected chi connectivity index (χ4v) is 2.21. The molecule has 0 saturated heterocycles. The first-order valence-electron chi connectivity index (χ1n) is 6.12. The number of nitrogens with one attached hydrogen (secondary N) is 1. The molecule has 1 aromatic heterocycles. The van der Waals surface area contributed by atoms with Gasteiger partial charge in [-0.1, -0.05) is 55.1 Å². The summed E-state index contributed by atoms with van der Waals surface area (Å²) < 4.78 is 0. The average molecular weight is 247 g/mol. The number of fused-ring (bicyclic) bond motifs is 1. The van der Waals surface area contributed by atoms with Crippen molar-refractivity contribution in [2.45, 2.75) is 0 Å². The number of carbonyl (C=O) groups is 1. The van der Waals surface area contributed by atoms with Crippen molar-refractivity contribution in [3.8, 4) is 0 Å². The van der Waals surface area contributed by atoms with Crippen LogP contribution in [-0.2, 0) is 0 Å². The number of ketones is 1. The highest BCUT2D eigenvalue weighted by Gasteiger charge is 2.14. The van der Waals surface area contributed by atoms with Gasteiger partial charge in [0.05, 0.1) is 0 Å². The van der Waals surface area contributed by atoms with E-state index in [1.165, 1.54) is 0 Å². The maximum absolute atomic E-state index is 12.4. The van der Waals surface area contributed by atoms with Crippen LogP contribution >= 0.6 is 0 Å². The number of allylic oxidation sites excluding steroid dienone is 1. The molecule has 1 N–H and O–H groups in total. The summed E-state index contributed by atoms with van der Waals surface area (Å²) >= 11 is 0. The van der Waals surface area contributed by atoms with Crippen LogP contribution in [0, 0.1) is 0 Å². The molecule has 0 radical (unpaired) electrons. The van der Waals surface area contributed by atoms with Crippen molar-refractivity contribution in [1.82, 2.24) is 4.98 Å². The Bertz CT molecular complexity index is 753. The number of rotatable bonds is 3. The van der Waals surface area contributed by atoms with Gasteiger partial charge in [0.1, 0.15) is 0 Å². The zero-order chi connectivity index (χ0) is 13.2. The van der Waals surface area contributed by atoms with Crippen LogP contribution in [-0.4, -0.2) is 10.8 Å². The molecule has 92 valence electrons. The monoisotopic (exact) mass is 247 g/mol. The first-order valence-corrected chi connectivity index (χ1v) is 6.12. The molecule has 0 bridgehead atoms. The summed E-state index contributed by atoms with van der Waals surface area (Å²) in [6, 6.07) is 17.1. The van der Waals surface area contributed by atoms with E-state index in [0.717, 1.165) is 16.5 Å². The highest BCUT2D eigenvalue weighted by Crippen LogP contribution is 2.26.